The van der Waals surface area contributed by atoms with E-state index in [4.69, 9.17) is 11.6 Å². The summed E-state index contributed by atoms with van der Waals surface area (Å²) in [6, 6.07) is 7.73. The van der Waals surface area contributed by atoms with Gasteiger partial charge in [-0.1, -0.05) is 54.1 Å². The minimum absolute atomic E-state index is 0.0123. The van der Waals surface area contributed by atoms with Crippen LogP contribution in [0.4, 0.5) is 22.0 Å². The number of aromatic hydroxyl groups is 1. The van der Waals surface area contributed by atoms with Crippen molar-refractivity contribution < 1.29 is 27.1 Å². The van der Waals surface area contributed by atoms with E-state index in [1.807, 2.05) is 0 Å². The molecule has 3 rings (SSSR count). The first-order chi connectivity index (χ1) is 16.8. The molecule has 0 aliphatic heterocycles. The Morgan fingerprint density at radius 2 is 1.58 bits per heavy atom. The number of aromatic nitrogens is 2. The summed E-state index contributed by atoms with van der Waals surface area (Å²) in [5.41, 5.74) is -2.12. The highest BCUT2D eigenvalue weighted by Crippen LogP contribution is 2.35. The highest BCUT2D eigenvalue weighted by Gasteiger charge is 2.33. The van der Waals surface area contributed by atoms with Crippen molar-refractivity contribution in [1.29, 1.82) is 0 Å². The molecule has 36 heavy (non-hydrogen) atoms. The smallest absolute Gasteiger partial charge is 0.417 e. The number of nitrogens with zero attached hydrogens (tertiary/aromatic N) is 2. The molecule has 2 aromatic carbocycles. The van der Waals surface area contributed by atoms with Crippen LogP contribution in [0, 0.1) is 11.6 Å². The fourth-order valence-electron chi connectivity index (χ4n) is 3.60. The Hall–Kier alpha value is -3.66. The van der Waals surface area contributed by atoms with Crippen molar-refractivity contribution in [2.45, 2.75) is 32.1 Å². The summed E-state index contributed by atoms with van der Waals surface area (Å²) in [6.07, 6.45) is -4.88. The van der Waals surface area contributed by atoms with Gasteiger partial charge in [0.2, 0.25) is 5.88 Å². The van der Waals surface area contributed by atoms with Gasteiger partial charge in [0.05, 0.1) is 29.7 Å². The molecule has 0 radical (unpaired) electrons. The lowest BCUT2D eigenvalue weighted by atomic mass is 10.0. The first-order valence-electron chi connectivity index (χ1n) is 10.4. The zero-order valence-electron chi connectivity index (χ0n) is 18.7. The number of alkyl halides is 3. The normalized spacial score (nSPS) is 11.5. The number of hydrogen-bond acceptors (Lipinski definition) is 3. The summed E-state index contributed by atoms with van der Waals surface area (Å²) in [7, 11) is 0. The molecule has 0 aliphatic carbocycles. The zero-order valence-corrected chi connectivity index (χ0v) is 19.5. The molecule has 0 aliphatic rings. The van der Waals surface area contributed by atoms with Crippen molar-refractivity contribution in [1.82, 2.24) is 9.13 Å². The molecule has 0 saturated carbocycles. The van der Waals surface area contributed by atoms with E-state index >= 15 is 0 Å². The van der Waals surface area contributed by atoms with Crippen LogP contribution in [0.2, 0.25) is 5.02 Å². The number of hydrogen-bond donors (Lipinski definition) is 1. The fraction of sp³-hybridized carbons (Fsp3) is 0.200. The van der Waals surface area contributed by atoms with Gasteiger partial charge in [-0.05, 0) is 42.2 Å². The molecule has 1 aromatic heterocycles. The van der Waals surface area contributed by atoms with E-state index in [9.17, 15) is 36.6 Å². The predicted octanol–water partition coefficient (Wildman–Crippen LogP) is 5.26. The standard InChI is InChI=1S/C25H20ClF5N2O3/c1-14(8-16-6-7-19(26)18(10-16)25(29,30)31)12-32-21(34)11-22(35)33(24(32)36)13-15(2)9-17-4-3-5-20(27)23(17)28/h3-7,10-11,34H,1-2,8-9,12-13H2. The first-order valence-corrected chi connectivity index (χ1v) is 10.8. The van der Waals surface area contributed by atoms with Crippen molar-refractivity contribution in [3.05, 3.63) is 121 Å². The monoisotopic (exact) mass is 526 g/mol. The minimum atomic E-state index is -4.66. The third-order valence-electron chi connectivity index (χ3n) is 5.28. The number of allylic oxidation sites excluding steroid dienone is 2. The maximum Gasteiger partial charge on any atom is 0.417 e. The van der Waals surface area contributed by atoms with Gasteiger partial charge in [0.15, 0.2) is 11.6 Å². The van der Waals surface area contributed by atoms with Crippen LogP contribution >= 0.6 is 11.6 Å². The van der Waals surface area contributed by atoms with E-state index in [1.54, 1.807) is 0 Å². The van der Waals surface area contributed by atoms with Gasteiger partial charge in [0.1, 0.15) is 0 Å². The molecule has 3 aromatic rings. The van der Waals surface area contributed by atoms with Crippen LogP contribution in [0.3, 0.4) is 0 Å². The Bertz CT molecular complexity index is 1460. The molecule has 0 atom stereocenters. The van der Waals surface area contributed by atoms with Crippen LogP contribution < -0.4 is 11.2 Å². The minimum Gasteiger partial charge on any atom is -0.494 e. The van der Waals surface area contributed by atoms with Crippen LogP contribution in [0.1, 0.15) is 16.7 Å². The molecule has 0 unspecified atom stereocenters. The van der Waals surface area contributed by atoms with Gasteiger partial charge in [-0.15, -0.1) is 0 Å². The summed E-state index contributed by atoms with van der Waals surface area (Å²) in [5.74, 6) is -2.79. The molecular weight excluding hydrogens is 507 g/mol. The molecule has 0 saturated heterocycles. The fourth-order valence-corrected chi connectivity index (χ4v) is 3.82. The van der Waals surface area contributed by atoms with Crippen LogP contribution in [-0.4, -0.2) is 14.2 Å². The molecule has 0 fully saturated rings. The van der Waals surface area contributed by atoms with Gasteiger partial charge in [-0.2, -0.15) is 13.2 Å². The van der Waals surface area contributed by atoms with Gasteiger partial charge in [0, 0.05) is 0 Å². The number of rotatable bonds is 8. The Kier molecular flexibility index (Phi) is 7.88. The molecule has 11 heteroatoms. The largest absolute Gasteiger partial charge is 0.494 e. The molecule has 190 valence electrons. The van der Waals surface area contributed by atoms with Gasteiger partial charge in [-0.3, -0.25) is 13.9 Å². The van der Waals surface area contributed by atoms with Crippen molar-refractivity contribution >= 4 is 11.6 Å². The van der Waals surface area contributed by atoms with Crippen LogP contribution in [0.25, 0.3) is 0 Å². The summed E-state index contributed by atoms with van der Waals surface area (Å²) in [5, 5.41) is 9.70. The van der Waals surface area contributed by atoms with Crippen molar-refractivity contribution in [3.8, 4) is 5.88 Å². The molecule has 0 bridgehead atoms. The van der Waals surface area contributed by atoms with Gasteiger partial charge >= 0.3 is 11.9 Å². The van der Waals surface area contributed by atoms with Crippen LogP contribution in [0.15, 0.2) is 76.4 Å². The Morgan fingerprint density at radius 1 is 0.944 bits per heavy atom. The summed E-state index contributed by atoms with van der Waals surface area (Å²) in [4.78, 5) is 25.3. The summed E-state index contributed by atoms with van der Waals surface area (Å²) in [6.45, 7) is 6.84. The van der Waals surface area contributed by atoms with Gasteiger partial charge < -0.3 is 5.11 Å². The second kappa shape index (κ2) is 10.5. The van der Waals surface area contributed by atoms with Crippen LogP contribution in [0.5, 0.6) is 5.88 Å². The molecule has 1 heterocycles. The SMILES string of the molecule is C=C(Cc1ccc(Cl)c(C(F)(F)F)c1)Cn1c(O)cc(=O)n(CC(=C)Cc2cccc(F)c2F)c1=O. The molecule has 0 amide bonds. The van der Waals surface area contributed by atoms with Crippen molar-refractivity contribution in [3.63, 3.8) is 0 Å². The lowest BCUT2D eigenvalue weighted by Gasteiger charge is -2.15. The summed E-state index contributed by atoms with van der Waals surface area (Å²) < 4.78 is 68.3. The second-order valence-electron chi connectivity index (χ2n) is 8.17. The molecule has 0 spiro atoms. The summed E-state index contributed by atoms with van der Waals surface area (Å²) >= 11 is 5.63. The predicted molar refractivity (Wildman–Crippen MR) is 125 cm³/mol. The lowest BCUT2D eigenvalue weighted by molar-refractivity contribution is -0.137. The van der Waals surface area contributed by atoms with E-state index in [2.05, 4.69) is 13.2 Å². The lowest BCUT2D eigenvalue weighted by Crippen LogP contribution is -2.40. The van der Waals surface area contributed by atoms with Gasteiger partial charge in [-0.25, -0.2) is 13.6 Å². The van der Waals surface area contributed by atoms with E-state index in [1.165, 1.54) is 18.2 Å². The Morgan fingerprint density at radius 3 is 2.25 bits per heavy atom. The van der Waals surface area contributed by atoms with Crippen molar-refractivity contribution in [2.75, 3.05) is 0 Å². The highest BCUT2D eigenvalue weighted by molar-refractivity contribution is 6.31. The Balaban J connectivity index is 1.81. The third kappa shape index (κ3) is 6.12. The van der Waals surface area contributed by atoms with E-state index in [0.717, 1.165) is 33.4 Å². The maximum absolute atomic E-state index is 13.9. The van der Waals surface area contributed by atoms with Crippen LogP contribution in [-0.2, 0) is 32.1 Å². The third-order valence-corrected chi connectivity index (χ3v) is 5.61. The number of benzene rings is 2. The molecular formula is C25H20ClF5N2O3. The highest BCUT2D eigenvalue weighted by atomic mass is 35.5. The second-order valence-corrected chi connectivity index (χ2v) is 8.58. The molecule has 5 nitrogen and oxygen atoms in total. The number of halogens is 6. The Labute approximate surface area is 207 Å². The van der Waals surface area contributed by atoms with E-state index in [0.29, 0.717) is 0 Å². The first kappa shape index (κ1) is 26.9. The maximum atomic E-state index is 13.9. The average Bonchev–Trinajstić information content (AvgIpc) is 2.78. The van der Waals surface area contributed by atoms with Gasteiger partial charge in [0.25, 0.3) is 5.56 Å². The molecule has 1 N–H and O–H groups in total. The van der Waals surface area contributed by atoms with Crippen molar-refractivity contribution in [2.24, 2.45) is 0 Å². The van der Waals surface area contributed by atoms with E-state index in [-0.39, 0.29) is 48.2 Å². The topological polar surface area (TPSA) is 64.2 Å². The zero-order chi connectivity index (χ0) is 26.8. The quantitative estimate of drug-likeness (QED) is 0.321. The van der Waals surface area contributed by atoms with E-state index < -0.39 is 45.5 Å². The average molecular weight is 527 g/mol.